The molecule has 0 aliphatic heterocycles. The smallest absolute Gasteiger partial charge is 0.292 e. The molecule has 2 aromatic carbocycles. The molecule has 0 radical (unpaired) electrons. The van der Waals surface area contributed by atoms with Crippen LogP contribution in [-0.2, 0) is 0 Å². The number of hydrogen-bond donors (Lipinski definition) is 1. The number of nitrogens with one attached hydrogen (secondary N) is 1. The van der Waals surface area contributed by atoms with Gasteiger partial charge in [-0.05, 0) is 25.1 Å². The highest BCUT2D eigenvalue weighted by Crippen LogP contribution is 2.25. The molecule has 0 saturated heterocycles. The average Bonchev–Trinajstić information content (AvgIpc) is 3.21. The summed E-state index contributed by atoms with van der Waals surface area (Å²) in [6.45, 7) is 1.88. The zero-order chi connectivity index (χ0) is 16.5. The SMILES string of the molecule is Cc1c(C(=O)Nc2ccn(-c3ccccc3)n2)oc2ccccc12. The largest absolute Gasteiger partial charge is 0.451 e. The van der Waals surface area contributed by atoms with E-state index in [-0.39, 0.29) is 5.91 Å². The third-order valence-electron chi connectivity index (χ3n) is 3.90. The molecule has 0 bridgehead atoms. The minimum absolute atomic E-state index is 0.304. The maximum Gasteiger partial charge on any atom is 0.292 e. The quantitative estimate of drug-likeness (QED) is 0.616. The van der Waals surface area contributed by atoms with Gasteiger partial charge in [0.25, 0.3) is 5.91 Å². The van der Waals surface area contributed by atoms with Crippen molar-refractivity contribution in [3.63, 3.8) is 0 Å². The lowest BCUT2D eigenvalue weighted by Crippen LogP contribution is -2.12. The van der Waals surface area contributed by atoms with Crippen LogP contribution in [0.4, 0.5) is 5.82 Å². The number of nitrogens with zero attached hydrogens (tertiary/aromatic N) is 2. The molecule has 0 atom stereocenters. The summed E-state index contributed by atoms with van der Waals surface area (Å²) in [5, 5.41) is 8.10. The molecule has 2 aromatic heterocycles. The van der Waals surface area contributed by atoms with Gasteiger partial charge in [0.1, 0.15) is 5.58 Å². The molecule has 1 N–H and O–H groups in total. The van der Waals surface area contributed by atoms with Gasteiger partial charge in [-0.25, -0.2) is 4.68 Å². The standard InChI is InChI=1S/C19H15N3O2/c1-13-15-9-5-6-10-16(15)24-18(13)19(23)20-17-11-12-22(21-17)14-7-3-2-4-8-14/h2-12H,1H3,(H,20,21,23). The number of fused-ring (bicyclic) bond motifs is 1. The van der Waals surface area contributed by atoms with E-state index in [1.54, 1.807) is 16.9 Å². The van der Waals surface area contributed by atoms with E-state index in [0.29, 0.717) is 17.2 Å². The molecule has 0 spiro atoms. The summed E-state index contributed by atoms with van der Waals surface area (Å²) >= 11 is 0. The molecule has 2 heterocycles. The molecule has 4 aromatic rings. The molecule has 4 rings (SSSR count). The number of anilines is 1. The van der Waals surface area contributed by atoms with Crippen molar-refractivity contribution in [1.29, 1.82) is 0 Å². The van der Waals surface area contributed by atoms with Crippen molar-refractivity contribution in [2.45, 2.75) is 6.92 Å². The topological polar surface area (TPSA) is 60.1 Å². The minimum atomic E-state index is -0.304. The van der Waals surface area contributed by atoms with Crippen molar-refractivity contribution in [3.8, 4) is 5.69 Å². The van der Waals surface area contributed by atoms with Gasteiger partial charge in [0.05, 0.1) is 5.69 Å². The van der Waals surface area contributed by atoms with E-state index >= 15 is 0 Å². The Morgan fingerprint density at radius 1 is 1.04 bits per heavy atom. The van der Waals surface area contributed by atoms with Gasteiger partial charge in [-0.15, -0.1) is 0 Å². The lowest BCUT2D eigenvalue weighted by atomic mass is 10.1. The molecular weight excluding hydrogens is 302 g/mol. The van der Waals surface area contributed by atoms with E-state index in [1.165, 1.54) is 0 Å². The molecular formula is C19H15N3O2. The van der Waals surface area contributed by atoms with Crippen LogP contribution in [0, 0.1) is 6.92 Å². The zero-order valence-corrected chi connectivity index (χ0v) is 13.1. The number of benzene rings is 2. The normalized spacial score (nSPS) is 10.9. The highest BCUT2D eigenvalue weighted by atomic mass is 16.3. The maximum absolute atomic E-state index is 12.5. The van der Waals surface area contributed by atoms with Gasteiger partial charge in [0.15, 0.2) is 11.6 Å². The van der Waals surface area contributed by atoms with Gasteiger partial charge in [0.2, 0.25) is 0 Å². The monoisotopic (exact) mass is 317 g/mol. The average molecular weight is 317 g/mol. The van der Waals surface area contributed by atoms with E-state index in [1.807, 2.05) is 61.5 Å². The predicted molar refractivity (Wildman–Crippen MR) is 92.5 cm³/mol. The Balaban J connectivity index is 1.60. The number of aromatic nitrogens is 2. The Labute approximate surface area is 138 Å². The van der Waals surface area contributed by atoms with Gasteiger partial charge >= 0.3 is 0 Å². The van der Waals surface area contributed by atoms with Crippen LogP contribution >= 0.6 is 0 Å². The first-order valence-electron chi connectivity index (χ1n) is 7.63. The highest BCUT2D eigenvalue weighted by Gasteiger charge is 2.18. The molecule has 1 amide bonds. The number of aryl methyl sites for hydroxylation is 1. The number of amides is 1. The molecule has 0 unspecified atom stereocenters. The lowest BCUT2D eigenvalue weighted by molar-refractivity contribution is 0.0997. The van der Waals surface area contributed by atoms with Crippen molar-refractivity contribution >= 4 is 22.7 Å². The Kier molecular flexibility index (Phi) is 3.39. The third-order valence-corrected chi connectivity index (χ3v) is 3.90. The third kappa shape index (κ3) is 2.46. The first kappa shape index (κ1) is 14.3. The Morgan fingerprint density at radius 3 is 2.58 bits per heavy atom. The van der Waals surface area contributed by atoms with E-state index in [2.05, 4.69) is 10.4 Å². The summed E-state index contributed by atoms with van der Waals surface area (Å²) in [6, 6.07) is 19.1. The molecule has 0 aliphatic rings. The van der Waals surface area contributed by atoms with Crippen LogP contribution in [0.2, 0.25) is 0 Å². The second kappa shape index (κ2) is 5.70. The minimum Gasteiger partial charge on any atom is -0.451 e. The van der Waals surface area contributed by atoms with Gasteiger partial charge in [-0.1, -0.05) is 36.4 Å². The first-order chi connectivity index (χ1) is 11.7. The summed E-state index contributed by atoms with van der Waals surface area (Å²) in [7, 11) is 0. The maximum atomic E-state index is 12.5. The summed E-state index contributed by atoms with van der Waals surface area (Å²) in [5.41, 5.74) is 2.46. The van der Waals surface area contributed by atoms with Gasteiger partial charge in [-0.3, -0.25) is 4.79 Å². The van der Waals surface area contributed by atoms with E-state index in [9.17, 15) is 4.79 Å². The fourth-order valence-electron chi connectivity index (χ4n) is 2.68. The first-order valence-corrected chi connectivity index (χ1v) is 7.63. The molecule has 0 fully saturated rings. The Bertz CT molecular complexity index is 1020. The van der Waals surface area contributed by atoms with E-state index in [0.717, 1.165) is 16.6 Å². The van der Waals surface area contributed by atoms with Crippen molar-refractivity contribution in [2.24, 2.45) is 0 Å². The zero-order valence-electron chi connectivity index (χ0n) is 13.1. The van der Waals surface area contributed by atoms with Crippen molar-refractivity contribution in [3.05, 3.63) is 78.2 Å². The second-order valence-electron chi connectivity index (χ2n) is 5.49. The summed E-state index contributed by atoms with van der Waals surface area (Å²) < 4.78 is 7.39. The van der Waals surface area contributed by atoms with Crippen molar-refractivity contribution in [2.75, 3.05) is 5.32 Å². The van der Waals surface area contributed by atoms with Crippen molar-refractivity contribution in [1.82, 2.24) is 9.78 Å². The number of para-hydroxylation sites is 2. The van der Waals surface area contributed by atoms with Crippen LogP contribution in [0.15, 0.2) is 71.3 Å². The number of rotatable bonds is 3. The molecule has 24 heavy (non-hydrogen) atoms. The predicted octanol–water partition coefficient (Wildman–Crippen LogP) is 4.18. The van der Waals surface area contributed by atoms with Gasteiger partial charge in [-0.2, -0.15) is 5.10 Å². The molecule has 118 valence electrons. The highest BCUT2D eigenvalue weighted by molar-refractivity contribution is 6.06. The Hall–Kier alpha value is -3.34. The fraction of sp³-hybridized carbons (Fsp3) is 0.0526. The fourth-order valence-corrected chi connectivity index (χ4v) is 2.68. The van der Waals surface area contributed by atoms with Gasteiger partial charge in [0, 0.05) is 23.2 Å². The molecule has 0 aliphatic carbocycles. The van der Waals surface area contributed by atoms with Crippen LogP contribution in [-0.4, -0.2) is 15.7 Å². The molecule has 5 heteroatoms. The number of carbonyl (C=O) groups excluding carboxylic acids is 1. The summed E-state index contributed by atoms with van der Waals surface area (Å²) in [6.07, 6.45) is 1.80. The summed E-state index contributed by atoms with van der Waals surface area (Å²) in [5.74, 6) is 0.483. The lowest BCUT2D eigenvalue weighted by Gasteiger charge is -2.01. The summed E-state index contributed by atoms with van der Waals surface area (Å²) in [4.78, 5) is 12.5. The number of hydrogen-bond acceptors (Lipinski definition) is 3. The van der Waals surface area contributed by atoms with Crippen LogP contribution in [0.5, 0.6) is 0 Å². The number of furan rings is 1. The molecule has 5 nitrogen and oxygen atoms in total. The van der Waals surface area contributed by atoms with Crippen LogP contribution < -0.4 is 5.32 Å². The van der Waals surface area contributed by atoms with Crippen LogP contribution in [0.1, 0.15) is 16.1 Å². The van der Waals surface area contributed by atoms with E-state index in [4.69, 9.17) is 4.42 Å². The van der Waals surface area contributed by atoms with E-state index < -0.39 is 0 Å². The van der Waals surface area contributed by atoms with Gasteiger partial charge < -0.3 is 9.73 Å². The number of carbonyl (C=O) groups is 1. The second-order valence-corrected chi connectivity index (χ2v) is 5.49. The van der Waals surface area contributed by atoms with Crippen LogP contribution in [0.25, 0.3) is 16.7 Å². The van der Waals surface area contributed by atoms with Crippen molar-refractivity contribution < 1.29 is 9.21 Å². The Morgan fingerprint density at radius 2 is 1.79 bits per heavy atom. The van der Waals surface area contributed by atoms with Crippen LogP contribution in [0.3, 0.4) is 0 Å². The molecule has 0 saturated carbocycles.